The summed E-state index contributed by atoms with van der Waals surface area (Å²) >= 11 is 1.27. The van der Waals surface area contributed by atoms with Crippen LogP contribution in [0.25, 0.3) is 0 Å². The summed E-state index contributed by atoms with van der Waals surface area (Å²) in [6.45, 7) is 5.86. The van der Waals surface area contributed by atoms with Crippen LogP contribution in [0.5, 0.6) is 0 Å². The van der Waals surface area contributed by atoms with Crippen LogP contribution in [0.3, 0.4) is 0 Å². The van der Waals surface area contributed by atoms with Crippen LogP contribution >= 0.6 is 11.3 Å². The van der Waals surface area contributed by atoms with E-state index in [1.165, 1.54) is 11.3 Å². The Morgan fingerprint density at radius 3 is 2.50 bits per heavy atom. The molecule has 0 aromatic carbocycles. The average Bonchev–Trinajstić information content (AvgIpc) is 2.76. The molecule has 2 rings (SSSR count). The van der Waals surface area contributed by atoms with Crippen molar-refractivity contribution in [2.45, 2.75) is 31.0 Å². The van der Waals surface area contributed by atoms with Crippen LogP contribution in [0.1, 0.15) is 25.8 Å². The van der Waals surface area contributed by atoms with Crippen molar-refractivity contribution >= 4 is 21.4 Å². The topological polar surface area (TPSA) is 63.4 Å². The SMILES string of the molecule is CC1CC(C)CN(S(=O)(=O)c2cc(CN)cs2)C1. The summed E-state index contributed by atoms with van der Waals surface area (Å²) < 4.78 is 27.0. The van der Waals surface area contributed by atoms with E-state index in [1.807, 2.05) is 5.38 Å². The first kappa shape index (κ1) is 14.0. The van der Waals surface area contributed by atoms with Gasteiger partial charge < -0.3 is 5.73 Å². The Hall–Kier alpha value is -0.430. The minimum atomic E-state index is -3.32. The van der Waals surface area contributed by atoms with Gasteiger partial charge in [0.1, 0.15) is 4.21 Å². The van der Waals surface area contributed by atoms with Gasteiger partial charge in [-0.3, -0.25) is 0 Å². The molecule has 2 N–H and O–H groups in total. The maximum Gasteiger partial charge on any atom is 0.252 e. The van der Waals surface area contributed by atoms with E-state index in [9.17, 15) is 8.42 Å². The number of nitrogens with zero attached hydrogens (tertiary/aromatic N) is 1. The van der Waals surface area contributed by atoms with Crippen molar-refractivity contribution in [2.24, 2.45) is 17.6 Å². The number of hydrogen-bond donors (Lipinski definition) is 1. The van der Waals surface area contributed by atoms with Gasteiger partial charge in [-0.25, -0.2) is 8.42 Å². The highest BCUT2D eigenvalue weighted by Crippen LogP contribution is 2.29. The van der Waals surface area contributed by atoms with Crippen molar-refractivity contribution in [1.82, 2.24) is 4.31 Å². The van der Waals surface area contributed by atoms with Gasteiger partial charge in [0, 0.05) is 19.6 Å². The molecule has 102 valence electrons. The fourth-order valence-electron chi connectivity index (χ4n) is 2.52. The molecule has 2 unspecified atom stereocenters. The van der Waals surface area contributed by atoms with Gasteiger partial charge >= 0.3 is 0 Å². The van der Waals surface area contributed by atoms with Crippen LogP contribution in [-0.4, -0.2) is 25.8 Å². The van der Waals surface area contributed by atoms with Gasteiger partial charge in [0.25, 0.3) is 10.0 Å². The molecular weight excluding hydrogens is 268 g/mol. The summed E-state index contributed by atoms with van der Waals surface area (Å²) in [7, 11) is -3.32. The van der Waals surface area contributed by atoms with Crippen molar-refractivity contribution in [2.75, 3.05) is 13.1 Å². The van der Waals surface area contributed by atoms with E-state index >= 15 is 0 Å². The van der Waals surface area contributed by atoms with Crippen LogP contribution in [0, 0.1) is 11.8 Å². The number of piperidine rings is 1. The minimum Gasteiger partial charge on any atom is -0.326 e. The summed E-state index contributed by atoms with van der Waals surface area (Å²) in [5.74, 6) is 0.856. The molecule has 2 heterocycles. The fourth-order valence-corrected chi connectivity index (χ4v) is 5.58. The third-order valence-electron chi connectivity index (χ3n) is 3.29. The van der Waals surface area contributed by atoms with E-state index in [2.05, 4.69) is 13.8 Å². The molecule has 1 aromatic heterocycles. The Labute approximate surface area is 113 Å². The highest BCUT2D eigenvalue weighted by Gasteiger charge is 2.32. The third kappa shape index (κ3) is 2.77. The fraction of sp³-hybridized carbons (Fsp3) is 0.667. The molecule has 4 nitrogen and oxygen atoms in total. The van der Waals surface area contributed by atoms with Crippen LogP contribution in [-0.2, 0) is 16.6 Å². The van der Waals surface area contributed by atoms with E-state index in [-0.39, 0.29) is 0 Å². The molecule has 0 bridgehead atoms. The molecule has 1 saturated heterocycles. The van der Waals surface area contributed by atoms with E-state index in [0.29, 0.717) is 35.7 Å². The van der Waals surface area contributed by atoms with Gasteiger partial charge in [0.2, 0.25) is 0 Å². The Morgan fingerprint density at radius 1 is 1.39 bits per heavy atom. The van der Waals surface area contributed by atoms with Gasteiger partial charge in [0.05, 0.1) is 0 Å². The molecule has 18 heavy (non-hydrogen) atoms. The monoisotopic (exact) mass is 288 g/mol. The number of nitrogens with two attached hydrogens (primary N) is 1. The molecule has 0 amide bonds. The molecular formula is C12H20N2O2S2. The normalized spacial score (nSPS) is 26.4. The lowest BCUT2D eigenvalue weighted by atomic mass is 9.94. The lowest BCUT2D eigenvalue weighted by molar-refractivity contribution is 0.223. The lowest BCUT2D eigenvalue weighted by Crippen LogP contribution is -2.42. The molecule has 2 atom stereocenters. The summed E-state index contributed by atoms with van der Waals surface area (Å²) in [4.78, 5) is 0. The zero-order valence-corrected chi connectivity index (χ0v) is 12.4. The van der Waals surface area contributed by atoms with Crippen molar-refractivity contribution in [1.29, 1.82) is 0 Å². The van der Waals surface area contributed by atoms with Gasteiger partial charge in [-0.1, -0.05) is 13.8 Å². The van der Waals surface area contributed by atoms with Gasteiger partial charge in [-0.15, -0.1) is 11.3 Å². The van der Waals surface area contributed by atoms with Gasteiger partial charge in [0.15, 0.2) is 0 Å². The third-order valence-corrected chi connectivity index (χ3v) is 6.59. The van der Waals surface area contributed by atoms with Crippen molar-refractivity contribution in [3.05, 3.63) is 17.0 Å². The highest BCUT2D eigenvalue weighted by molar-refractivity contribution is 7.91. The Bertz CT molecular complexity index is 500. The predicted molar refractivity (Wildman–Crippen MR) is 73.9 cm³/mol. The first-order valence-electron chi connectivity index (χ1n) is 6.21. The summed E-state index contributed by atoms with van der Waals surface area (Å²) in [6.07, 6.45) is 1.10. The molecule has 1 aliphatic rings. The molecule has 6 heteroatoms. The second-order valence-corrected chi connectivity index (χ2v) is 8.32. The lowest BCUT2D eigenvalue weighted by Gasteiger charge is -2.33. The maximum absolute atomic E-state index is 12.5. The zero-order valence-electron chi connectivity index (χ0n) is 10.8. The minimum absolute atomic E-state index is 0.388. The summed E-state index contributed by atoms with van der Waals surface area (Å²) in [5.41, 5.74) is 6.41. The van der Waals surface area contributed by atoms with Crippen molar-refractivity contribution < 1.29 is 8.42 Å². The first-order chi connectivity index (χ1) is 8.43. The Morgan fingerprint density at radius 2 is 2.00 bits per heavy atom. The molecule has 1 fully saturated rings. The number of sulfonamides is 1. The second kappa shape index (κ2) is 5.28. The number of hydrogen-bond acceptors (Lipinski definition) is 4. The molecule has 0 spiro atoms. The van der Waals surface area contributed by atoms with E-state index in [4.69, 9.17) is 5.73 Å². The molecule has 0 aliphatic carbocycles. The summed E-state index contributed by atoms with van der Waals surface area (Å²) in [5, 5.41) is 1.82. The standard InChI is InChI=1S/C12H20N2O2S2/c1-9-3-10(2)7-14(6-9)18(15,16)12-4-11(5-13)8-17-12/h4,8-10H,3,5-7,13H2,1-2H3. The van der Waals surface area contributed by atoms with Crippen LogP contribution in [0.2, 0.25) is 0 Å². The van der Waals surface area contributed by atoms with E-state index < -0.39 is 10.0 Å². The number of rotatable bonds is 3. The van der Waals surface area contributed by atoms with Crippen molar-refractivity contribution in [3.63, 3.8) is 0 Å². The number of thiophene rings is 1. The highest BCUT2D eigenvalue weighted by atomic mass is 32.2. The maximum atomic E-state index is 12.5. The average molecular weight is 288 g/mol. The molecule has 1 aliphatic heterocycles. The zero-order chi connectivity index (χ0) is 13.3. The Balaban J connectivity index is 2.25. The second-order valence-electron chi connectivity index (χ2n) is 5.25. The largest absolute Gasteiger partial charge is 0.326 e. The van der Waals surface area contributed by atoms with Gasteiger partial charge in [-0.05, 0) is 35.3 Å². The smallest absolute Gasteiger partial charge is 0.252 e. The first-order valence-corrected chi connectivity index (χ1v) is 8.53. The van der Waals surface area contributed by atoms with Gasteiger partial charge in [-0.2, -0.15) is 4.31 Å². The predicted octanol–water partition coefficient (Wildman–Crippen LogP) is 1.87. The van der Waals surface area contributed by atoms with E-state index in [1.54, 1.807) is 10.4 Å². The Kier molecular flexibility index (Phi) is 4.11. The molecule has 0 saturated carbocycles. The molecule has 1 aromatic rings. The van der Waals surface area contributed by atoms with E-state index in [0.717, 1.165) is 12.0 Å². The van der Waals surface area contributed by atoms with Crippen LogP contribution in [0.15, 0.2) is 15.7 Å². The van der Waals surface area contributed by atoms with Crippen LogP contribution < -0.4 is 5.73 Å². The van der Waals surface area contributed by atoms with Crippen molar-refractivity contribution in [3.8, 4) is 0 Å². The quantitative estimate of drug-likeness (QED) is 0.923. The molecule has 0 radical (unpaired) electrons. The summed E-state index contributed by atoms with van der Waals surface area (Å²) in [6, 6.07) is 1.70. The van der Waals surface area contributed by atoms with Crippen LogP contribution in [0.4, 0.5) is 0 Å².